The molecule has 3 heteroatoms. The van der Waals surface area contributed by atoms with Gasteiger partial charge in [-0.2, -0.15) is 0 Å². The van der Waals surface area contributed by atoms with Crippen LogP contribution in [-0.4, -0.2) is 18.0 Å². The molecular weight excluding hydrogens is 257 g/mol. The standard InChI is InChI=1S/C12H15BrFN/c1-12(2)7-15(8-12)6-9-3-4-10(13)5-11(9)14/h3-5H,6-8H2,1-2H3. The lowest BCUT2D eigenvalue weighted by Crippen LogP contribution is -2.52. The van der Waals surface area contributed by atoms with Crippen LogP contribution in [0.5, 0.6) is 0 Å². The minimum absolute atomic E-state index is 0.117. The Bertz CT molecular complexity index is 368. The molecule has 0 saturated carbocycles. The summed E-state index contributed by atoms with van der Waals surface area (Å²) in [6.45, 7) is 7.32. The van der Waals surface area contributed by atoms with Crippen molar-refractivity contribution < 1.29 is 4.39 Å². The minimum Gasteiger partial charge on any atom is -0.298 e. The first kappa shape index (κ1) is 11.1. The minimum atomic E-state index is -0.117. The van der Waals surface area contributed by atoms with E-state index in [4.69, 9.17) is 0 Å². The Morgan fingerprint density at radius 3 is 2.60 bits per heavy atom. The number of hydrogen-bond acceptors (Lipinski definition) is 1. The summed E-state index contributed by atoms with van der Waals surface area (Å²) in [7, 11) is 0. The van der Waals surface area contributed by atoms with E-state index in [0.29, 0.717) is 5.41 Å². The number of hydrogen-bond donors (Lipinski definition) is 0. The Labute approximate surface area is 98.4 Å². The summed E-state index contributed by atoms with van der Waals surface area (Å²) in [4.78, 5) is 2.27. The Morgan fingerprint density at radius 2 is 2.07 bits per heavy atom. The Kier molecular flexibility index (Phi) is 2.86. The maximum atomic E-state index is 13.5. The fourth-order valence-electron chi connectivity index (χ4n) is 2.17. The lowest BCUT2D eigenvalue weighted by molar-refractivity contribution is 0.0234. The van der Waals surface area contributed by atoms with Crippen molar-refractivity contribution in [3.05, 3.63) is 34.1 Å². The Balaban J connectivity index is 2.00. The molecule has 0 atom stereocenters. The summed E-state index contributed by atoms with van der Waals surface area (Å²) >= 11 is 3.26. The highest BCUT2D eigenvalue weighted by atomic mass is 79.9. The molecule has 0 unspecified atom stereocenters. The zero-order valence-corrected chi connectivity index (χ0v) is 10.6. The lowest BCUT2D eigenvalue weighted by atomic mass is 9.84. The summed E-state index contributed by atoms with van der Waals surface area (Å²) in [5.41, 5.74) is 1.19. The smallest absolute Gasteiger partial charge is 0.128 e. The van der Waals surface area contributed by atoms with Gasteiger partial charge in [0.05, 0.1) is 0 Å². The Morgan fingerprint density at radius 1 is 1.40 bits per heavy atom. The third-order valence-electron chi connectivity index (χ3n) is 2.71. The molecule has 0 spiro atoms. The van der Waals surface area contributed by atoms with Gasteiger partial charge in [0.15, 0.2) is 0 Å². The van der Waals surface area contributed by atoms with Gasteiger partial charge in [0.25, 0.3) is 0 Å². The van der Waals surface area contributed by atoms with Crippen LogP contribution in [-0.2, 0) is 6.54 Å². The molecule has 2 rings (SSSR count). The maximum Gasteiger partial charge on any atom is 0.128 e. The van der Waals surface area contributed by atoms with E-state index < -0.39 is 0 Å². The molecule has 1 saturated heterocycles. The van der Waals surface area contributed by atoms with E-state index in [2.05, 4.69) is 34.7 Å². The molecule has 0 aromatic heterocycles. The van der Waals surface area contributed by atoms with Crippen LogP contribution in [0.15, 0.2) is 22.7 Å². The van der Waals surface area contributed by atoms with Crippen molar-refractivity contribution in [2.24, 2.45) is 5.41 Å². The summed E-state index contributed by atoms with van der Waals surface area (Å²) in [6, 6.07) is 5.27. The van der Waals surface area contributed by atoms with Crippen LogP contribution in [0, 0.1) is 11.2 Å². The highest BCUT2D eigenvalue weighted by molar-refractivity contribution is 9.10. The average molecular weight is 272 g/mol. The van der Waals surface area contributed by atoms with Gasteiger partial charge >= 0.3 is 0 Å². The normalized spacial score (nSPS) is 20.0. The second-order valence-electron chi connectivity index (χ2n) is 5.05. The van der Waals surface area contributed by atoms with Gasteiger partial charge in [0.1, 0.15) is 5.82 Å². The molecule has 0 aliphatic carbocycles. The molecule has 1 aliphatic rings. The van der Waals surface area contributed by atoms with Crippen LogP contribution in [0.3, 0.4) is 0 Å². The van der Waals surface area contributed by atoms with Gasteiger partial charge in [0.2, 0.25) is 0 Å². The first-order chi connectivity index (χ1) is 6.96. The van der Waals surface area contributed by atoms with E-state index in [-0.39, 0.29) is 5.82 Å². The topological polar surface area (TPSA) is 3.24 Å². The average Bonchev–Trinajstić information content (AvgIpc) is 2.06. The molecule has 1 nitrogen and oxygen atoms in total. The largest absolute Gasteiger partial charge is 0.298 e. The quantitative estimate of drug-likeness (QED) is 0.797. The molecule has 1 aromatic rings. The van der Waals surface area contributed by atoms with Crippen molar-refractivity contribution in [3.63, 3.8) is 0 Å². The molecule has 15 heavy (non-hydrogen) atoms. The monoisotopic (exact) mass is 271 g/mol. The predicted molar refractivity (Wildman–Crippen MR) is 63.2 cm³/mol. The molecule has 0 radical (unpaired) electrons. The zero-order chi connectivity index (χ0) is 11.1. The van der Waals surface area contributed by atoms with Gasteiger partial charge < -0.3 is 0 Å². The maximum absolute atomic E-state index is 13.5. The number of benzene rings is 1. The summed E-state index contributed by atoms with van der Waals surface area (Å²) in [5.74, 6) is -0.117. The summed E-state index contributed by atoms with van der Waals surface area (Å²) in [5, 5.41) is 0. The van der Waals surface area contributed by atoms with Crippen LogP contribution in [0.4, 0.5) is 4.39 Å². The number of rotatable bonds is 2. The molecule has 1 heterocycles. The van der Waals surface area contributed by atoms with E-state index >= 15 is 0 Å². The van der Waals surface area contributed by atoms with Crippen molar-refractivity contribution in [1.82, 2.24) is 4.90 Å². The molecule has 0 amide bonds. The first-order valence-electron chi connectivity index (χ1n) is 5.13. The van der Waals surface area contributed by atoms with Crippen LogP contribution in [0.2, 0.25) is 0 Å². The van der Waals surface area contributed by atoms with E-state index in [0.717, 1.165) is 29.7 Å². The molecule has 0 N–H and O–H groups in total. The molecule has 1 aliphatic heterocycles. The summed E-state index contributed by atoms with van der Waals surface area (Å²) < 4.78 is 14.3. The van der Waals surface area contributed by atoms with Crippen molar-refractivity contribution in [3.8, 4) is 0 Å². The third kappa shape index (κ3) is 2.58. The van der Waals surface area contributed by atoms with Gasteiger partial charge in [-0.05, 0) is 17.5 Å². The first-order valence-corrected chi connectivity index (χ1v) is 5.92. The fourth-order valence-corrected chi connectivity index (χ4v) is 2.50. The molecule has 82 valence electrons. The fraction of sp³-hybridized carbons (Fsp3) is 0.500. The highest BCUT2D eigenvalue weighted by Crippen LogP contribution is 2.30. The van der Waals surface area contributed by atoms with Crippen molar-refractivity contribution in [2.75, 3.05) is 13.1 Å². The molecule has 1 fully saturated rings. The van der Waals surface area contributed by atoms with Crippen molar-refractivity contribution in [2.45, 2.75) is 20.4 Å². The molecule has 1 aromatic carbocycles. The predicted octanol–water partition coefficient (Wildman–Crippen LogP) is 3.43. The van der Waals surface area contributed by atoms with Gasteiger partial charge in [-0.1, -0.05) is 35.8 Å². The number of nitrogens with zero attached hydrogens (tertiary/aromatic N) is 1. The van der Waals surface area contributed by atoms with E-state index in [1.807, 2.05) is 12.1 Å². The molecule has 0 bridgehead atoms. The van der Waals surface area contributed by atoms with Crippen LogP contribution in [0.1, 0.15) is 19.4 Å². The number of likely N-dealkylation sites (tertiary alicyclic amines) is 1. The van der Waals surface area contributed by atoms with Gasteiger partial charge in [-0.25, -0.2) is 4.39 Å². The van der Waals surface area contributed by atoms with Gasteiger partial charge in [-0.15, -0.1) is 0 Å². The van der Waals surface area contributed by atoms with E-state index in [1.54, 1.807) is 0 Å². The van der Waals surface area contributed by atoms with Crippen LogP contribution in [0.25, 0.3) is 0 Å². The second-order valence-corrected chi connectivity index (χ2v) is 5.96. The number of halogens is 2. The van der Waals surface area contributed by atoms with E-state index in [1.165, 1.54) is 6.07 Å². The van der Waals surface area contributed by atoms with Gasteiger partial charge in [0, 0.05) is 29.7 Å². The van der Waals surface area contributed by atoms with Crippen molar-refractivity contribution >= 4 is 15.9 Å². The van der Waals surface area contributed by atoms with Gasteiger partial charge in [-0.3, -0.25) is 4.90 Å². The van der Waals surface area contributed by atoms with Crippen LogP contribution >= 0.6 is 15.9 Å². The second kappa shape index (κ2) is 3.87. The molecular formula is C12H15BrFN. The lowest BCUT2D eigenvalue weighted by Gasteiger charge is -2.46. The third-order valence-corrected chi connectivity index (χ3v) is 3.21. The highest BCUT2D eigenvalue weighted by Gasteiger charge is 2.33. The SMILES string of the molecule is CC1(C)CN(Cc2ccc(Br)cc2F)C1. The van der Waals surface area contributed by atoms with Crippen LogP contribution < -0.4 is 0 Å². The van der Waals surface area contributed by atoms with Crippen molar-refractivity contribution in [1.29, 1.82) is 0 Å². The van der Waals surface area contributed by atoms with E-state index in [9.17, 15) is 4.39 Å². The summed E-state index contributed by atoms with van der Waals surface area (Å²) in [6.07, 6.45) is 0. The zero-order valence-electron chi connectivity index (χ0n) is 9.06. The Hall–Kier alpha value is -0.410.